The Hall–Kier alpha value is -1.88. The number of aliphatic hydroxyl groups excluding tert-OH is 1. The van der Waals surface area contributed by atoms with Crippen molar-refractivity contribution < 1.29 is 14.7 Å². The summed E-state index contributed by atoms with van der Waals surface area (Å²) >= 11 is 0. The number of aliphatic hydroxyl groups is 1. The van der Waals surface area contributed by atoms with Gasteiger partial charge in [0.15, 0.2) is 0 Å². The Morgan fingerprint density at radius 2 is 1.88 bits per heavy atom. The first-order chi connectivity index (χ1) is 12.0. The lowest BCUT2D eigenvalue weighted by Crippen LogP contribution is -2.42. The highest BCUT2D eigenvalue weighted by molar-refractivity contribution is 5.79. The van der Waals surface area contributed by atoms with E-state index in [0.717, 1.165) is 18.4 Å². The fraction of sp³-hybridized carbons (Fsp3) is 0.600. The van der Waals surface area contributed by atoms with Crippen LogP contribution in [0.2, 0.25) is 0 Å². The Kier molecular flexibility index (Phi) is 5.74. The molecule has 1 aliphatic heterocycles. The first kappa shape index (κ1) is 17.9. The summed E-state index contributed by atoms with van der Waals surface area (Å²) in [4.78, 5) is 25.7. The van der Waals surface area contributed by atoms with Gasteiger partial charge in [-0.15, -0.1) is 0 Å². The predicted octanol–water partition coefficient (Wildman–Crippen LogP) is 1.60. The number of nitrogens with zero attached hydrogens (tertiary/aromatic N) is 1. The number of nitrogens with one attached hydrogen (secondary N) is 1. The predicted molar refractivity (Wildman–Crippen MR) is 96.2 cm³/mol. The van der Waals surface area contributed by atoms with Crippen LogP contribution in [0.4, 0.5) is 0 Å². The van der Waals surface area contributed by atoms with E-state index in [2.05, 4.69) is 23.5 Å². The maximum Gasteiger partial charge on any atom is 0.226 e. The van der Waals surface area contributed by atoms with Crippen LogP contribution in [0.5, 0.6) is 0 Å². The van der Waals surface area contributed by atoms with Gasteiger partial charge in [-0.25, -0.2) is 0 Å². The fourth-order valence-corrected chi connectivity index (χ4v) is 3.95. The molecule has 0 bridgehead atoms. The smallest absolute Gasteiger partial charge is 0.226 e. The third kappa shape index (κ3) is 4.60. The lowest BCUT2D eigenvalue weighted by molar-refractivity contribution is -0.130. The van der Waals surface area contributed by atoms with Crippen molar-refractivity contribution in [2.24, 2.45) is 0 Å². The number of rotatable bonds is 3. The van der Waals surface area contributed by atoms with Crippen LogP contribution >= 0.6 is 0 Å². The molecule has 1 heterocycles. The second-order valence-electron chi connectivity index (χ2n) is 7.32. The van der Waals surface area contributed by atoms with E-state index in [9.17, 15) is 14.7 Å². The Morgan fingerprint density at radius 3 is 2.64 bits per heavy atom. The Balaban J connectivity index is 1.60. The molecule has 25 heavy (non-hydrogen) atoms. The molecule has 1 aliphatic carbocycles. The highest BCUT2D eigenvalue weighted by atomic mass is 16.3. The molecule has 0 unspecified atom stereocenters. The molecule has 1 saturated heterocycles. The number of hydrogen-bond donors (Lipinski definition) is 2. The van der Waals surface area contributed by atoms with Gasteiger partial charge in [0.2, 0.25) is 11.8 Å². The Bertz CT molecular complexity index is 644. The van der Waals surface area contributed by atoms with Gasteiger partial charge in [-0.1, -0.05) is 18.2 Å². The third-order valence-corrected chi connectivity index (χ3v) is 5.38. The van der Waals surface area contributed by atoms with E-state index in [1.54, 1.807) is 0 Å². The van der Waals surface area contributed by atoms with Crippen molar-refractivity contribution in [1.82, 2.24) is 10.2 Å². The molecule has 1 aromatic carbocycles. The molecule has 5 nitrogen and oxygen atoms in total. The van der Waals surface area contributed by atoms with Gasteiger partial charge in [0, 0.05) is 20.0 Å². The normalized spacial score (nSPS) is 23.5. The van der Waals surface area contributed by atoms with E-state index in [1.807, 2.05) is 4.90 Å². The molecule has 1 fully saturated rings. The van der Waals surface area contributed by atoms with Crippen molar-refractivity contribution in [3.05, 3.63) is 34.9 Å². The zero-order valence-corrected chi connectivity index (χ0v) is 15.0. The number of amides is 2. The summed E-state index contributed by atoms with van der Waals surface area (Å²) < 4.78 is 0. The van der Waals surface area contributed by atoms with E-state index in [0.29, 0.717) is 32.4 Å². The summed E-state index contributed by atoms with van der Waals surface area (Å²) in [7, 11) is 0. The second-order valence-corrected chi connectivity index (χ2v) is 7.32. The summed E-state index contributed by atoms with van der Waals surface area (Å²) in [6, 6.07) is 6.18. The molecule has 136 valence electrons. The first-order valence-corrected chi connectivity index (χ1v) is 9.36. The molecule has 0 aromatic heterocycles. The summed E-state index contributed by atoms with van der Waals surface area (Å²) in [6.45, 7) is 2.57. The van der Waals surface area contributed by atoms with E-state index in [-0.39, 0.29) is 17.9 Å². The fourth-order valence-electron chi connectivity index (χ4n) is 3.95. The average Bonchev–Trinajstić information content (AvgIpc) is 2.77. The van der Waals surface area contributed by atoms with E-state index >= 15 is 0 Å². The van der Waals surface area contributed by atoms with E-state index in [4.69, 9.17) is 0 Å². The lowest BCUT2D eigenvalue weighted by Gasteiger charge is -2.22. The highest BCUT2D eigenvalue weighted by Gasteiger charge is 2.27. The average molecular weight is 344 g/mol. The van der Waals surface area contributed by atoms with Crippen LogP contribution in [0.25, 0.3) is 0 Å². The lowest BCUT2D eigenvalue weighted by atomic mass is 9.90. The Labute approximate surface area is 149 Å². The minimum atomic E-state index is -0.592. The van der Waals surface area contributed by atoms with E-state index < -0.39 is 6.10 Å². The molecule has 5 heteroatoms. The van der Waals surface area contributed by atoms with Crippen LogP contribution in [0, 0.1) is 0 Å². The molecule has 0 saturated carbocycles. The molecule has 0 spiro atoms. The number of benzene rings is 1. The molecule has 2 N–H and O–H groups in total. The Morgan fingerprint density at radius 1 is 1.16 bits per heavy atom. The highest BCUT2D eigenvalue weighted by Crippen LogP contribution is 2.23. The third-order valence-electron chi connectivity index (χ3n) is 5.38. The zero-order chi connectivity index (χ0) is 17.8. The van der Waals surface area contributed by atoms with Gasteiger partial charge in [-0.2, -0.15) is 0 Å². The van der Waals surface area contributed by atoms with Crippen molar-refractivity contribution in [3.8, 4) is 0 Å². The summed E-state index contributed by atoms with van der Waals surface area (Å²) in [5.41, 5.74) is 3.90. The van der Waals surface area contributed by atoms with Gasteiger partial charge in [-0.05, 0) is 55.2 Å². The summed E-state index contributed by atoms with van der Waals surface area (Å²) in [5, 5.41) is 13.0. The maximum atomic E-state index is 12.7. The number of likely N-dealkylation sites (tertiary alicyclic amines) is 1. The number of fused-ring (bicyclic) bond motifs is 1. The van der Waals surface area contributed by atoms with Crippen LogP contribution in [0.1, 0.15) is 49.3 Å². The van der Waals surface area contributed by atoms with Crippen molar-refractivity contribution in [1.29, 1.82) is 0 Å². The van der Waals surface area contributed by atoms with Crippen LogP contribution in [0.3, 0.4) is 0 Å². The van der Waals surface area contributed by atoms with Crippen LogP contribution in [0.15, 0.2) is 18.2 Å². The first-order valence-electron chi connectivity index (χ1n) is 9.36. The van der Waals surface area contributed by atoms with Gasteiger partial charge in [0.25, 0.3) is 0 Å². The molecular weight excluding hydrogens is 316 g/mol. The maximum absolute atomic E-state index is 12.7. The standard InChI is InChI=1S/C20H28N2O3/c1-14(23)21-18-8-10-22(11-9-19(18)24)20(25)13-15-6-7-16-4-2-3-5-17(16)12-15/h6-7,12,18-19,24H,2-5,8-11,13H2,1H3,(H,21,23)/t18-,19-/m0/s1. The molecule has 2 amide bonds. The minimum Gasteiger partial charge on any atom is -0.391 e. The van der Waals surface area contributed by atoms with Crippen molar-refractivity contribution in [2.45, 2.75) is 64.0 Å². The van der Waals surface area contributed by atoms with Gasteiger partial charge >= 0.3 is 0 Å². The van der Waals surface area contributed by atoms with Gasteiger partial charge in [-0.3, -0.25) is 9.59 Å². The van der Waals surface area contributed by atoms with Gasteiger partial charge in [0.05, 0.1) is 18.6 Å². The van der Waals surface area contributed by atoms with Crippen molar-refractivity contribution in [2.75, 3.05) is 13.1 Å². The number of hydrogen-bond acceptors (Lipinski definition) is 3. The minimum absolute atomic E-state index is 0.103. The summed E-state index contributed by atoms with van der Waals surface area (Å²) in [6.07, 6.45) is 5.68. The van der Waals surface area contributed by atoms with Gasteiger partial charge < -0.3 is 15.3 Å². The zero-order valence-electron chi connectivity index (χ0n) is 15.0. The van der Waals surface area contributed by atoms with Crippen molar-refractivity contribution >= 4 is 11.8 Å². The number of carbonyl (C=O) groups is 2. The number of aryl methyl sites for hydroxylation is 2. The van der Waals surface area contributed by atoms with E-state index in [1.165, 1.54) is 30.9 Å². The molecule has 1 aromatic rings. The largest absolute Gasteiger partial charge is 0.391 e. The quantitative estimate of drug-likeness (QED) is 0.875. The van der Waals surface area contributed by atoms with Crippen molar-refractivity contribution in [3.63, 3.8) is 0 Å². The monoisotopic (exact) mass is 344 g/mol. The number of carbonyl (C=O) groups excluding carboxylic acids is 2. The molecule has 2 atom stereocenters. The van der Waals surface area contributed by atoms with Crippen LogP contribution < -0.4 is 5.32 Å². The van der Waals surface area contributed by atoms with Gasteiger partial charge in [0.1, 0.15) is 0 Å². The molecule has 2 aliphatic rings. The topological polar surface area (TPSA) is 69.6 Å². The van der Waals surface area contributed by atoms with Crippen LogP contribution in [-0.4, -0.2) is 47.1 Å². The molecule has 3 rings (SSSR count). The summed E-state index contributed by atoms with van der Waals surface area (Å²) in [5.74, 6) is -0.0377. The molecular formula is C20H28N2O3. The second kappa shape index (κ2) is 8.00. The van der Waals surface area contributed by atoms with Crippen LogP contribution in [-0.2, 0) is 28.9 Å². The SMILES string of the molecule is CC(=O)N[C@H]1CCN(C(=O)Cc2ccc3c(c2)CCCC3)CC[C@@H]1O. The molecule has 0 radical (unpaired) electrons.